The van der Waals surface area contributed by atoms with Gasteiger partial charge in [0.2, 0.25) is 15.9 Å². The Balaban J connectivity index is 2.25. The number of hydrogen-bond donors (Lipinski definition) is 2. The Morgan fingerprint density at radius 3 is 2.29 bits per heavy atom. The molecule has 2 aromatic carbocycles. The molecule has 8 heteroatoms. The van der Waals surface area contributed by atoms with E-state index in [2.05, 4.69) is 10.0 Å². The van der Waals surface area contributed by atoms with Gasteiger partial charge in [-0.3, -0.25) is 4.79 Å². The number of amides is 1. The molecule has 0 aliphatic heterocycles. The summed E-state index contributed by atoms with van der Waals surface area (Å²) in [6.45, 7) is 5.39. The molecule has 2 N–H and O–H groups in total. The first-order valence-electron chi connectivity index (χ1n) is 9.01. The van der Waals surface area contributed by atoms with Crippen LogP contribution in [0.5, 0.6) is 5.75 Å². The lowest BCUT2D eigenvalue weighted by molar-refractivity contribution is -0.117. The topological polar surface area (TPSA) is 84.5 Å². The Morgan fingerprint density at radius 1 is 1.14 bits per heavy atom. The lowest BCUT2D eigenvalue weighted by Gasteiger charge is -2.19. The molecule has 0 saturated carbocycles. The number of methoxy groups -OCH3 is 1. The van der Waals surface area contributed by atoms with Gasteiger partial charge in [0.1, 0.15) is 16.5 Å². The number of nitrogens with one attached hydrogen (secondary N) is 2. The highest BCUT2D eigenvalue weighted by atomic mass is 32.2. The summed E-state index contributed by atoms with van der Waals surface area (Å²) in [6.07, 6.45) is 1.45. The zero-order valence-electron chi connectivity index (χ0n) is 16.4. The first-order chi connectivity index (χ1) is 13.2. The van der Waals surface area contributed by atoms with Crippen LogP contribution in [0.3, 0.4) is 0 Å². The van der Waals surface area contributed by atoms with Gasteiger partial charge in [0.05, 0.1) is 13.2 Å². The normalized spacial score (nSPS) is 12.5. The second-order valence-corrected chi connectivity index (χ2v) is 7.97. The van der Waals surface area contributed by atoms with Crippen molar-refractivity contribution < 1.29 is 22.3 Å². The number of halogens is 1. The molecule has 6 nitrogen and oxygen atoms in total. The monoisotopic (exact) mass is 408 g/mol. The van der Waals surface area contributed by atoms with Crippen LogP contribution >= 0.6 is 0 Å². The summed E-state index contributed by atoms with van der Waals surface area (Å²) in [7, 11) is -2.88. The standard InChI is InChI=1S/C20H25FN2O4S/c1-5-14-8-7-9-15(6-2)19(14)22-20(24)13(3)23-28(25,26)18-12-16(21)10-11-17(18)27-4/h7-13,23H,5-6H2,1-4H3,(H,22,24). The van der Waals surface area contributed by atoms with Gasteiger partial charge in [-0.05, 0) is 49.1 Å². The number of rotatable bonds is 8. The Morgan fingerprint density at radius 2 is 1.75 bits per heavy atom. The molecule has 0 aliphatic carbocycles. The molecule has 1 unspecified atom stereocenters. The summed E-state index contributed by atoms with van der Waals surface area (Å²) in [6, 6.07) is 7.86. The Labute approximate surface area is 165 Å². The summed E-state index contributed by atoms with van der Waals surface area (Å²) in [5.74, 6) is -1.23. The fraction of sp³-hybridized carbons (Fsp3) is 0.350. The van der Waals surface area contributed by atoms with Crippen molar-refractivity contribution in [1.29, 1.82) is 0 Å². The molecule has 1 atom stereocenters. The predicted octanol–water partition coefficient (Wildman–Crippen LogP) is 3.26. The molecule has 2 rings (SSSR count). The highest BCUT2D eigenvalue weighted by Gasteiger charge is 2.26. The zero-order chi connectivity index (χ0) is 20.9. The minimum Gasteiger partial charge on any atom is -0.495 e. The van der Waals surface area contributed by atoms with Crippen LogP contribution in [0.1, 0.15) is 31.9 Å². The van der Waals surface area contributed by atoms with Crippen molar-refractivity contribution in [3.63, 3.8) is 0 Å². The smallest absolute Gasteiger partial charge is 0.245 e. The number of sulfonamides is 1. The molecule has 0 spiro atoms. The molecule has 0 bridgehead atoms. The van der Waals surface area contributed by atoms with E-state index in [0.29, 0.717) is 5.69 Å². The van der Waals surface area contributed by atoms with Crippen LogP contribution in [-0.2, 0) is 27.7 Å². The molecule has 28 heavy (non-hydrogen) atoms. The average molecular weight is 408 g/mol. The third kappa shape index (κ3) is 4.88. The number of para-hydroxylation sites is 1. The first kappa shape index (κ1) is 21.8. The van der Waals surface area contributed by atoms with Gasteiger partial charge in [-0.2, -0.15) is 4.72 Å². The van der Waals surface area contributed by atoms with Crippen LogP contribution in [0.15, 0.2) is 41.3 Å². The second-order valence-electron chi connectivity index (χ2n) is 6.29. The van der Waals surface area contributed by atoms with E-state index in [-0.39, 0.29) is 10.6 Å². The van der Waals surface area contributed by atoms with Crippen molar-refractivity contribution in [2.24, 2.45) is 0 Å². The minimum absolute atomic E-state index is 0.00824. The van der Waals surface area contributed by atoms with E-state index in [4.69, 9.17) is 4.74 Å². The van der Waals surface area contributed by atoms with E-state index in [1.807, 2.05) is 32.0 Å². The number of ether oxygens (including phenoxy) is 1. The third-order valence-electron chi connectivity index (χ3n) is 4.39. The van der Waals surface area contributed by atoms with Gasteiger partial charge in [-0.1, -0.05) is 32.0 Å². The minimum atomic E-state index is -4.17. The van der Waals surface area contributed by atoms with E-state index >= 15 is 0 Å². The van der Waals surface area contributed by atoms with Gasteiger partial charge in [-0.15, -0.1) is 0 Å². The summed E-state index contributed by atoms with van der Waals surface area (Å²) in [4.78, 5) is 12.3. The number of aryl methyl sites for hydroxylation is 2. The lowest BCUT2D eigenvalue weighted by Crippen LogP contribution is -2.41. The molecule has 0 aromatic heterocycles. The maximum Gasteiger partial charge on any atom is 0.245 e. The molecule has 152 valence electrons. The first-order valence-corrected chi connectivity index (χ1v) is 10.5. The molecule has 0 aliphatic rings. The number of carbonyl (C=O) groups excluding carboxylic acids is 1. The number of hydrogen-bond acceptors (Lipinski definition) is 4. The molecule has 0 fully saturated rings. The van der Waals surface area contributed by atoms with Crippen LogP contribution in [0.4, 0.5) is 10.1 Å². The maximum atomic E-state index is 13.5. The molecular weight excluding hydrogens is 383 g/mol. The number of anilines is 1. The predicted molar refractivity (Wildman–Crippen MR) is 107 cm³/mol. The van der Waals surface area contributed by atoms with E-state index in [1.54, 1.807) is 0 Å². The Bertz CT molecular complexity index is 938. The van der Waals surface area contributed by atoms with Crippen molar-refractivity contribution in [1.82, 2.24) is 4.72 Å². The number of benzene rings is 2. The van der Waals surface area contributed by atoms with Gasteiger partial charge in [-0.25, -0.2) is 12.8 Å². The number of carbonyl (C=O) groups is 1. The highest BCUT2D eigenvalue weighted by molar-refractivity contribution is 7.89. The molecule has 1 amide bonds. The van der Waals surface area contributed by atoms with Crippen LogP contribution in [0.25, 0.3) is 0 Å². The molecule has 2 aromatic rings. The Kier molecular flexibility index (Phi) is 7.15. The van der Waals surface area contributed by atoms with Gasteiger partial charge >= 0.3 is 0 Å². The van der Waals surface area contributed by atoms with Crippen molar-refractivity contribution in [3.05, 3.63) is 53.3 Å². The van der Waals surface area contributed by atoms with Crippen LogP contribution < -0.4 is 14.8 Å². The Hall–Kier alpha value is -2.45. The fourth-order valence-corrected chi connectivity index (χ4v) is 4.23. The van der Waals surface area contributed by atoms with Gasteiger partial charge < -0.3 is 10.1 Å². The van der Waals surface area contributed by atoms with Crippen molar-refractivity contribution >= 4 is 21.6 Å². The van der Waals surface area contributed by atoms with Crippen LogP contribution in [0, 0.1) is 5.82 Å². The van der Waals surface area contributed by atoms with E-state index in [0.717, 1.165) is 36.1 Å². The summed E-state index contributed by atoms with van der Waals surface area (Å²) < 4.78 is 46.1. The fourth-order valence-electron chi connectivity index (χ4n) is 2.84. The quantitative estimate of drug-likeness (QED) is 0.702. The van der Waals surface area contributed by atoms with Gasteiger partial charge in [0, 0.05) is 5.69 Å². The molecular formula is C20H25FN2O4S. The summed E-state index contributed by atoms with van der Waals surface area (Å²) in [5.41, 5.74) is 2.64. The molecule has 0 saturated heterocycles. The van der Waals surface area contributed by atoms with Crippen molar-refractivity contribution in [2.45, 2.75) is 44.6 Å². The molecule has 0 radical (unpaired) electrons. The van der Waals surface area contributed by atoms with E-state index < -0.39 is 27.8 Å². The van der Waals surface area contributed by atoms with Gasteiger partial charge in [0.25, 0.3) is 0 Å². The average Bonchev–Trinajstić information content (AvgIpc) is 2.67. The second kappa shape index (κ2) is 9.16. The third-order valence-corrected chi connectivity index (χ3v) is 5.95. The lowest BCUT2D eigenvalue weighted by atomic mass is 10.0. The SMILES string of the molecule is CCc1cccc(CC)c1NC(=O)C(C)NS(=O)(=O)c1cc(F)ccc1OC. The summed E-state index contributed by atoms with van der Waals surface area (Å²) in [5, 5.41) is 2.82. The van der Waals surface area contributed by atoms with Crippen molar-refractivity contribution in [3.8, 4) is 5.75 Å². The van der Waals surface area contributed by atoms with Gasteiger partial charge in [0.15, 0.2) is 0 Å². The zero-order valence-corrected chi connectivity index (χ0v) is 17.2. The summed E-state index contributed by atoms with van der Waals surface area (Å²) >= 11 is 0. The van der Waals surface area contributed by atoms with Crippen LogP contribution in [0.2, 0.25) is 0 Å². The highest BCUT2D eigenvalue weighted by Crippen LogP contribution is 2.25. The van der Waals surface area contributed by atoms with Crippen molar-refractivity contribution in [2.75, 3.05) is 12.4 Å². The van der Waals surface area contributed by atoms with E-state index in [1.165, 1.54) is 20.1 Å². The van der Waals surface area contributed by atoms with E-state index in [9.17, 15) is 17.6 Å². The maximum absolute atomic E-state index is 13.5. The largest absolute Gasteiger partial charge is 0.495 e. The van der Waals surface area contributed by atoms with Crippen LogP contribution in [-0.4, -0.2) is 27.5 Å². The molecule has 0 heterocycles.